The Hall–Kier alpha value is -0.520. The molecule has 0 saturated carbocycles. The van der Waals surface area contributed by atoms with Crippen LogP contribution in [-0.4, -0.2) is 29.6 Å². The molecule has 2 rings (SSSR count). The maximum absolute atomic E-state index is 12.0. The lowest BCUT2D eigenvalue weighted by Crippen LogP contribution is -2.45. The van der Waals surface area contributed by atoms with Crippen LogP contribution in [0.4, 0.5) is 0 Å². The van der Waals surface area contributed by atoms with E-state index < -0.39 is 0 Å². The monoisotopic (exact) mass is 321 g/mol. The number of nitrogens with one attached hydrogen (secondary N) is 2. The predicted octanol–water partition coefficient (Wildman–Crippen LogP) is 1.69. The number of halogens is 2. The smallest absolute Gasteiger partial charge is 0.268 e. The molecule has 0 aromatic carbocycles. The van der Waals surface area contributed by atoms with Gasteiger partial charge in [0.2, 0.25) is 0 Å². The summed E-state index contributed by atoms with van der Waals surface area (Å²) in [6, 6.07) is 2.10. The van der Waals surface area contributed by atoms with Crippen LogP contribution in [0.15, 0.2) is 16.7 Å². The van der Waals surface area contributed by atoms with E-state index in [2.05, 4.69) is 26.6 Å². The van der Waals surface area contributed by atoms with E-state index >= 15 is 0 Å². The van der Waals surface area contributed by atoms with E-state index in [0.717, 1.165) is 30.4 Å². The molecule has 6 heteroatoms. The summed E-state index contributed by atoms with van der Waals surface area (Å²) in [5.41, 5.74) is 0.692. The fourth-order valence-corrected chi connectivity index (χ4v) is 2.51. The highest BCUT2D eigenvalue weighted by Crippen LogP contribution is 2.14. The van der Waals surface area contributed by atoms with Gasteiger partial charge in [0, 0.05) is 30.3 Å². The van der Waals surface area contributed by atoms with Gasteiger partial charge in [-0.3, -0.25) is 4.79 Å². The van der Waals surface area contributed by atoms with Gasteiger partial charge < -0.3 is 15.2 Å². The summed E-state index contributed by atoms with van der Waals surface area (Å²) in [5.74, 6) is 0.00176. The predicted molar refractivity (Wildman–Crippen MR) is 73.7 cm³/mol. The number of carbonyl (C=O) groups is 1. The van der Waals surface area contributed by atoms with Gasteiger partial charge in [0.25, 0.3) is 5.91 Å². The summed E-state index contributed by atoms with van der Waals surface area (Å²) >= 11 is 3.36. The Bertz CT molecular complexity index is 388. The maximum Gasteiger partial charge on any atom is 0.268 e. The van der Waals surface area contributed by atoms with Crippen molar-refractivity contribution < 1.29 is 4.79 Å². The molecule has 0 aliphatic carbocycles. The van der Waals surface area contributed by atoms with E-state index in [1.54, 1.807) is 0 Å². The molecule has 1 fully saturated rings. The molecule has 0 radical (unpaired) electrons. The van der Waals surface area contributed by atoms with E-state index in [-0.39, 0.29) is 24.4 Å². The fraction of sp³-hybridized carbons (Fsp3) is 0.545. The number of hydrogen-bond donors (Lipinski definition) is 2. The zero-order valence-electron chi connectivity index (χ0n) is 9.70. The van der Waals surface area contributed by atoms with Gasteiger partial charge in [0.1, 0.15) is 5.69 Å². The first-order valence-electron chi connectivity index (χ1n) is 5.50. The van der Waals surface area contributed by atoms with Gasteiger partial charge >= 0.3 is 0 Å². The van der Waals surface area contributed by atoms with Gasteiger partial charge in [-0.25, -0.2) is 0 Å². The molecule has 17 heavy (non-hydrogen) atoms. The fourth-order valence-electron chi connectivity index (χ4n) is 1.98. The molecule has 1 saturated heterocycles. The number of hydrogen-bond acceptors (Lipinski definition) is 2. The van der Waals surface area contributed by atoms with Crippen molar-refractivity contribution in [1.29, 1.82) is 0 Å². The standard InChI is InChI=1S/C11H16BrN3O.ClH/c1-15-7-8(12)5-10(15)11(16)14-9-3-2-4-13-6-9;/h5,7,9,13H,2-4,6H2,1H3,(H,14,16);1H/t9-;/m0./s1. The minimum absolute atomic E-state index is 0. The third kappa shape index (κ3) is 3.72. The van der Waals surface area contributed by atoms with Gasteiger partial charge in [-0.1, -0.05) is 0 Å². The van der Waals surface area contributed by atoms with Crippen molar-refractivity contribution in [3.63, 3.8) is 0 Å². The van der Waals surface area contributed by atoms with Crippen LogP contribution in [0.5, 0.6) is 0 Å². The summed E-state index contributed by atoms with van der Waals surface area (Å²) < 4.78 is 2.76. The molecule has 1 atom stereocenters. The van der Waals surface area contributed by atoms with Crippen LogP contribution in [0, 0.1) is 0 Å². The van der Waals surface area contributed by atoms with E-state index in [9.17, 15) is 4.79 Å². The maximum atomic E-state index is 12.0. The molecule has 1 aliphatic heterocycles. The Balaban J connectivity index is 0.00000144. The highest BCUT2D eigenvalue weighted by molar-refractivity contribution is 9.10. The van der Waals surface area contributed by atoms with Crippen LogP contribution in [0.25, 0.3) is 0 Å². The van der Waals surface area contributed by atoms with Crippen molar-refractivity contribution in [2.75, 3.05) is 13.1 Å². The number of amides is 1. The molecule has 0 unspecified atom stereocenters. The van der Waals surface area contributed by atoms with E-state index in [1.807, 2.05) is 23.9 Å². The van der Waals surface area contributed by atoms with Crippen LogP contribution in [0.1, 0.15) is 23.3 Å². The lowest BCUT2D eigenvalue weighted by Gasteiger charge is -2.23. The number of carbonyl (C=O) groups excluding carboxylic acids is 1. The number of rotatable bonds is 2. The van der Waals surface area contributed by atoms with Crippen LogP contribution < -0.4 is 10.6 Å². The Morgan fingerprint density at radius 1 is 1.65 bits per heavy atom. The van der Waals surface area contributed by atoms with Crippen molar-refractivity contribution in [3.8, 4) is 0 Å². The second kappa shape index (κ2) is 6.42. The average molecular weight is 323 g/mol. The highest BCUT2D eigenvalue weighted by atomic mass is 79.9. The van der Waals surface area contributed by atoms with Crippen molar-refractivity contribution in [2.45, 2.75) is 18.9 Å². The summed E-state index contributed by atoms with van der Waals surface area (Å²) in [7, 11) is 1.87. The molecular formula is C11H17BrClN3O. The van der Waals surface area contributed by atoms with E-state index in [0.29, 0.717) is 5.69 Å². The second-order valence-corrected chi connectivity index (χ2v) is 5.09. The number of aryl methyl sites for hydroxylation is 1. The third-order valence-corrected chi connectivity index (χ3v) is 3.27. The van der Waals surface area contributed by atoms with Gasteiger partial charge in [-0.15, -0.1) is 12.4 Å². The molecule has 1 aliphatic rings. The van der Waals surface area contributed by atoms with Crippen molar-refractivity contribution in [3.05, 3.63) is 22.4 Å². The Kier molecular flexibility index (Phi) is 5.49. The summed E-state index contributed by atoms with van der Waals surface area (Å²) in [4.78, 5) is 12.0. The SMILES string of the molecule is Cl.Cn1cc(Br)cc1C(=O)N[C@H]1CCCNC1. The van der Waals surface area contributed by atoms with Crippen molar-refractivity contribution in [1.82, 2.24) is 15.2 Å². The zero-order chi connectivity index (χ0) is 11.5. The van der Waals surface area contributed by atoms with Gasteiger partial charge in [-0.2, -0.15) is 0 Å². The average Bonchev–Trinajstić information content (AvgIpc) is 2.59. The summed E-state index contributed by atoms with van der Waals surface area (Å²) in [6.45, 7) is 1.93. The summed E-state index contributed by atoms with van der Waals surface area (Å²) in [5, 5.41) is 6.33. The Morgan fingerprint density at radius 2 is 2.41 bits per heavy atom. The van der Waals surface area contributed by atoms with Crippen molar-refractivity contribution >= 4 is 34.2 Å². The molecular weight excluding hydrogens is 305 g/mol. The molecule has 2 N–H and O–H groups in total. The van der Waals surface area contributed by atoms with Crippen LogP contribution in [-0.2, 0) is 7.05 Å². The largest absolute Gasteiger partial charge is 0.347 e. The van der Waals surface area contributed by atoms with Crippen molar-refractivity contribution in [2.24, 2.45) is 7.05 Å². The minimum Gasteiger partial charge on any atom is -0.347 e. The van der Waals surface area contributed by atoms with Crippen LogP contribution in [0.3, 0.4) is 0 Å². The first-order chi connectivity index (χ1) is 7.66. The molecule has 2 heterocycles. The highest BCUT2D eigenvalue weighted by Gasteiger charge is 2.18. The molecule has 1 amide bonds. The summed E-state index contributed by atoms with van der Waals surface area (Å²) in [6.07, 6.45) is 4.07. The Morgan fingerprint density at radius 3 is 2.94 bits per heavy atom. The minimum atomic E-state index is 0. The normalized spacial score (nSPS) is 19.5. The molecule has 4 nitrogen and oxygen atoms in total. The number of aromatic nitrogens is 1. The van der Waals surface area contributed by atoms with Gasteiger partial charge in [0.15, 0.2) is 0 Å². The number of piperidine rings is 1. The van der Waals surface area contributed by atoms with Crippen LogP contribution >= 0.6 is 28.3 Å². The van der Waals surface area contributed by atoms with Crippen LogP contribution in [0.2, 0.25) is 0 Å². The Labute approximate surface area is 116 Å². The molecule has 0 bridgehead atoms. The number of nitrogens with zero attached hydrogens (tertiary/aromatic N) is 1. The lowest BCUT2D eigenvalue weighted by molar-refractivity contribution is 0.0922. The zero-order valence-corrected chi connectivity index (χ0v) is 12.1. The van der Waals surface area contributed by atoms with E-state index in [4.69, 9.17) is 0 Å². The van der Waals surface area contributed by atoms with Gasteiger partial charge in [0.05, 0.1) is 0 Å². The lowest BCUT2D eigenvalue weighted by atomic mass is 10.1. The molecule has 0 spiro atoms. The third-order valence-electron chi connectivity index (χ3n) is 2.84. The topological polar surface area (TPSA) is 46.1 Å². The second-order valence-electron chi connectivity index (χ2n) is 4.17. The quantitative estimate of drug-likeness (QED) is 0.870. The molecule has 1 aromatic rings. The van der Waals surface area contributed by atoms with E-state index in [1.165, 1.54) is 0 Å². The molecule has 1 aromatic heterocycles. The molecule has 96 valence electrons. The first-order valence-corrected chi connectivity index (χ1v) is 6.29. The first kappa shape index (κ1) is 14.5. The van der Waals surface area contributed by atoms with Gasteiger partial charge in [-0.05, 0) is 41.4 Å².